The van der Waals surface area contributed by atoms with Crippen LogP contribution in [0, 0.1) is 0 Å². The van der Waals surface area contributed by atoms with Gasteiger partial charge < -0.3 is 11.1 Å². The number of nitrogens with two attached hydrogens (primary N) is 1. The summed E-state index contributed by atoms with van der Waals surface area (Å²) in [6.07, 6.45) is 3.51. The first-order chi connectivity index (χ1) is 5.66. The lowest BCUT2D eigenvalue weighted by Crippen LogP contribution is -2.25. The van der Waals surface area contributed by atoms with Gasteiger partial charge in [0.2, 0.25) is 5.91 Å². The van der Waals surface area contributed by atoms with Gasteiger partial charge in [0.15, 0.2) is 0 Å². The van der Waals surface area contributed by atoms with E-state index in [0.29, 0.717) is 6.42 Å². The fourth-order valence-electron chi connectivity index (χ4n) is 0.967. The zero-order valence-electron chi connectivity index (χ0n) is 8.10. The first kappa shape index (κ1) is 11.4. The van der Waals surface area contributed by atoms with E-state index < -0.39 is 0 Å². The molecule has 0 heterocycles. The van der Waals surface area contributed by atoms with E-state index in [1.54, 1.807) is 0 Å². The maximum absolute atomic E-state index is 10.9. The van der Waals surface area contributed by atoms with Gasteiger partial charge in [0.05, 0.1) is 0 Å². The molecule has 12 heavy (non-hydrogen) atoms. The Morgan fingerprint density at radius 2 is 2.25 bits per heavy atom. The molecule has 3 nitrogen and oxygen atoms in total. The minimum atomic E-state index is 0.155. The van der Waals surface area contributed by atoms with Gasteiger partial charge in [-0.25, -0.2) is 0 Å². The third kappa shape index (κ3) is 7.54. The van der Waals surface area contributed by atoms with E-state index in [9.17, 15) is 4.79 Å². The van der Waals surface area contributed by atoms with Crippen LogP contribution in [0.25, 0.3) is 0 Å². The van der Waals surface area contributed by atoms with Crippen molar-refractivity contribution in [3.63, 3.8) is 0 Å². The van der Waals surface area contributed by atoms with Gasteiger partial charge >= 0.3 is 0 Å². The summed E-state index contributed by atoms with van der Waals surface area (Å²) in [5.74, 6) is 0.155. The highest BCUT2D eigenvalue weighted by Gasteiger charge is 1.98. The lowest BCUT2D eigenvalue weighted by atomic mass is 10.2. The largest absolute Gasteiger partial charge is 0.356 e. The van der Waals surface area contributed by atoms with E-state index in [1.807, 2.05) is 13.8 Å². The SMILES string of the molecule is CCCC(=O)NCCCC(C)N. The minimum Gasteiger partial charge on any atom is -0.356 e. The Hall–Kier alpha value is -0.570. The van der Waals surface area contributed by atoms with Gasteiger partial charge in [-0.1, -0.05) is 6.92 Å². The van der Waals surface area contributed by atoms with Crippen LogP contribution in [0.4, 0.5) is 0 Å². The quantitative estimate of drug-likeness (QED) is 0.588. The molecule has 0 saturated carbocycles. The van der Waals surface area contributed by atoms with Crippen LogP contribution in [-0.2, 0) is 4.79 Å². The molecule has 72 valence electrons. The molecule has 0 aromatic carbocycles. The zero-order valence-corrected chi connectivity index (χ0v) is 8.10. The van der Waals surface area contributed by atoms with Gasteiger partial charge in [-0.3, -0.25) is 4.79 Å². The molecule has 0 aromatic heterocycles. The van der Waals surface area contributed by atoms with Crippen LogP contribution in [0.15, 0.2) is 0 Å². The summed E-state index contributed by atoms with van der Waals surface area (Å²) in [6.45, 7) is 4.75. The van der Waals surface area contributed by atoms with Crippen molar-refractivity contribution in [3.8, 4) is 0 Å². The van der Waals surface area contributed by atoms with Crippen LogP contribution in [-0.4, -0.2) is 18.5 Å². The van der Waals surface area contributed by atoms with E-state index in [4.69, 9.17) is 5.73 Å². The summed E-state index contributed by atoms with van der Waals surface area (Å²) in [4.78, 5) is 10.9. The summed E-state index contributed by atoms with van der Waals surface area (Å²) in [7, 11) is 0. The molecule has 0 saturated heterocycles. The number of rotatable bonds is 6. The van der Waals surface area contributed by atoms with Gasteiger partial charge in [0.1, 0.15) is 0 Å². The molecular weight excluding hydrogens is 152 g/mol. The zero-order chi connectivity index (χ0) is 9.40. The monoisotopic (exact) mass is 172 g/mol. The molecule has 0 bridgehead atoms. The lowest BCUT2D eigenvalue weighted by molar-refractivity contribution is -0.121. The molecule has 1 amide bonds. The smallest absolute Gasteiger partial charge is 0.219 e. The van der Waals surface area contributed by atoms with Gasteiger partial charge in [-0.05, 0) is 26.2 Å². The van der Waals surface area contributed by atoms with Crippen LogP contribution in [0.2, 0.25) is 0 Å². The second-order valence-corrected chi connectivity index (χ2v) is 3.22. The fourth-order valence-corrected chi connectivity index (χ4v) is 0.967. The number of hydrogen-bond donors (Lipinski definition) is 2. The Morgan fingerprint density at radius 1 is 1.58 bits per heavy atom. The molecule has 0 spiro atoms. The summed E-state index contributed by atoms with van der Waals surface area (Å²) in [6, 6.07) is 0.244. The molecule has 0 rings (SSSR count). The molecule has 1 atom stereocenters. The standard InChI is InChI=1S/C9H20N2O/c1-3-5-9(12)11-7-4-6-8(2)10/h8H,3-7,10H2,1-2H3,(H,11,12). The summed E-state index contributed by atoms with van der Waals surface area (Å²) in [5.41, 5.74) is 5.56. The van der Waals surface area contributed by atoms with Crippen molar-refractivity contribution in [2.75, 3.05) is 6.54 Å². The average molecular weight is 172 g/mol. The van der Waals surface area contributed by atoms with Crippen LogP contribution >= 0.6 is 0 Å². The number of amides is 1. The molecule has 0 aliphatic heterocycles. The number of carbonyl (C=O) groups excluding carboxylic acids is 1. The van der Waals surface area contributed by atoms with Gasteiger partial charge in [-0.15, -0.1) is 0 Å². The molecule has 3 N–H and O–H groups in total. The lowest BCUT2D eigenvalue weighted by Gasteiger charge is -2.05. The molecule has 0 aromatic rings. The van der Waals surface area contributed by atoms with E-state index in [-0.39, 0.29) is 11.9 Å². The molecule has 0 radical (unpaired) electrons. The fraction of sp³-hybridized carbons (Fsp3) is 0.889. The van der Waals surface area contributed by atoms with E-state index in [0.717, 1.165) is 25.8 Å². The normalized spacial score (nSPS) is 12.6. The molecule has 1 unspecified atom stereocenters. The van der Waals surface area contributed by atoms with Crippen molar-refractivity contribution in [2.45, 2.75) is 45.6 Å². The minimum absolute atomic E-state index is 0.155. The van der Waals surface area contributed by atoms with Crippen molar-refractivity contribution in [3.05, 3.63) is 0 Å². The number of nitrogens with one attached hydrogen (secondary N) is 1. The van der Waals surface area contributed by atoms with Crippen molar-refractivity contribution < 1.29 is 4.79 Å². The highest BCUT2D eigenvalue weighted by molar-refractivity contribution is 5.75. The highest BCUT2D eigenvalue weighted by atomic mass is 16.1. The second kappa shape index (κ2) is 7.10. The van der Waals surface area contributed by atoms with Crippen molar-refractivity contribution in [1.82, 2.24) is 5.32 Å². The summed E-state index contributed by atoms with van der Waals surface area (Å²) < 4.78 is 0. The maximum atomic E-state index is 10.9. The second-order valence-electron chi connectivity index (χ2n) is 3.22. The van der Waals surface area contributed by atoms with E-state index in [1.165, 1.54) is 0 Å². The molecule has 0 aliphatic rings. The Labute approximate surface area is 74.7 Å². The Balaban J connectivity index is 3.14. The summed E-state index contributed by atoms with van der Waals surface area (Å²) in [5, 5.41) is 2.84. The first-order valence-electron chi connectivity index (χ1n) is 4.69. The number of hydrogen-bond acceptors (Lipinski definition) is 2. The molecule has 0 fully saturated rings. The van der Waals surface area contributed by atoms with E-state index >= 15 is 0 Å². The van der Waals surface area contributed by atoms with Crippen molar-refractivity contribution in [1.29, 1.82) is 0 Å². The van der Waals surface area contributed by atoms with Gasteiger partial charge in [-0.2, -0.15) is 0 Å². The highest BCUT2D eigenvalue weighted by Crippen LogP contribution is 1.92. The van der Waals surface area contributed by atoms with Crippen molar-refractivity contribution >= 4 is 5.91 Å². The third-order valence-corrected chi connectivity index (χ3v) is 1.64. The first-order valence-corrected chi connectivity index (χ1v) is 4.69. The predicted molar refractivity (Wildman–Crippen MR) is 50.8 cm³/mol. The Bertz CT molecular complexity index is 124. The van der Waals surface area contributed by atoms with Gasteiger partial charge in [0.25, 0.3) is 0 Å². The maximum Gasteiger partial charge on any atom is 0.219 e. The molecule has 0 aliphatic carbocycles. The van der Waals surface area contributed by atoms with Crippen LogP contribution in [0.3, 0.4) is 0 Å². The van der Waals surface area contributed by atoms with Crippen LogP contribution < -0.4 is 11.1 Å². The summed E-state index contributed by atoms with van der Waals surface area (Å²) >= 11 is 0. The van der Waals surface area contributed by atoms with Gasteiger partial charge in [0, 0.05) is 19.0 Å². The third-order valence-electron chi connectivity index (χ3n) is 1.64. The molecule has 3 heteroatoms. The van der Waals surface area contributed by atoms with E-state index in [2.05, 4.69) is 5.32 Å². The predicted octanol–water partition coefficient (Wildman–Crippen LogP) is 1.03. The Morgan fingerprint density at radius 3 is 2.75 bits per heavy atom. The average Bonchev–Trinajstić information content (AvgIpc) is 1.98. The Kier molecular flexibility index (Phi) is 6.76. The van der Waals surface area contributed by atoms with Crippen LogP contribution in [0.1, 0.15) is 39.5 Å². The molecular formula is C9H20N2O. The van der Waals surface area contributed by atoms with Crippen molar-refractivity contribution in [2.24, 2.45) is 5.73 Å². The number of carbonyl (C=O) groups is 1. The van der Waals surface area contributed by atoms with Crippen LogP contribution in [0.5, 0.6) is 0 Å². The topological polar surface area (TPSA) is 55.1 Å².